The molecule has 17 heavy (non-hydrogen) atoms. The van der Waals surface area contributed by atoms with Crippen molar-refractivity contribution < 1.29 is 9.47 Å². The van der Waals surface area contributed by atoms with Crippen LogP contribution in [0.4, 0.5) is 0 Å². The van der Waals surface area contributed by atoms with Crippen LogP contribution in [-0.4, -0.2) is 19.3 Å². The number of halogens is 2. The van der Waals surface area contributed by atoms with E-state index in [1.165, 1.54) is 12.8 Å². The maximum absolute atomic E-state index is 5.84. The summed E-state index contributed by atoms with van der Waals surface area (Å²) in [5.74, 6) is 1.34. The molecule has 2 nitrogen and oxygen atoms in total. The van der Waals surface area contributed by atoms with Crippen molar-refractivity contribution in [1.29, 1.82) is 0 Å². The maximum atomic E-state index is 5.84. The van der Waals surface area contributed by atoms with Gasteiger partial charge in [0, 0.05) is 17.0 Å². The lowest BCUT2D eigenvalue weighted by molar-refractivity contribution is -0.0110. The Bertz CT molecular complexity index is 364. The zero-order chi connectivity index (χ0) is 12.1. The fourth-order valence-electron chi connectivity index (χ4n) is 1.87. The molecule has 0 bridgehead atoms. The lowest BCUT2D eigenvalue weighted by Gasteiger charge is -2.22. The Hall–Kier alpha value is -0.250. The lowest BCUT2D eigenvalue weighted by atomic mass is 10.1. The van der Waals surface area contributed by atoms with E-state index < -0.39 is 0 Å². The van der Waals surface area contributed by atoms with E-state index in [0.29, 0.717) is 12.5 Å². The Kier molecular flexibility index (Phi) is 5.14. The van der Waals surface area contributed by atoms with Crippen molar-refractivity contribution in [3.63, 3.8) is 0 Å². The van der Waals surface area contributed by atoms with Crippen LogP contribution < -0.4 is 4.74 Å². The Balaban J connectivity index is 1.89. The largest absolute Gasteiger partial charge is 0.491 e. The molecule has 1 unspecified atom stereocenters. The molecule has 1 aliphatic heterocycles. The second-order valence-corrected chi connectivity index (χ2v) is 5.31. The Morgan fingerprint density at radius 3 is 3.00 bits per heavy atom. The second kappa shape index (κ2) is 6.62. The summed E-state index contributed by atoms with van der Waals surface area (Å²) in [5, 5.41) is 0. The highest BCUT2D eigenvalue weighted by molar-refractivity contribution is 9.10. The average molecular weight is 320 g/mol. The molecule has 1 saturated heterocycles. The van der Waals surface area contributed by atoms with Gasteiger partial charge < -0.3 is 9.47 Å². The van der Waals surface area contributed by atoms with Gasteiger partial charge in [-0.05, 0) is 43.0 Å². The molecule has 0 aliphatic carbocycles. The summed E-state index contributed by atoms with van der Waals surface area (Å²) in [6.45, 7) is 1.49. The molecule has 0 aromatic heterocycles. The van der Waals surface area contributed by atoms with Crippen molar-refractivity contribution >= 4 is 27.5 Å². The summed E-state index contributed by atoms with van der Waals surface area (Å²) < 4.78 is 12.4. The smallest absolute Gasteiger partial charge is 0.119 e. The zero-order valence-electron chi connectivity index (χ0n) is 9.62. The van der Waals surface area contributed by atoms with Gasteiger partial charge in [0.05, 0.1) is 6.10 Å². The van der Waals surface area contributed by atoms with Gasteiger partial charge >= 0.3 is 0 Å². The summed E-state index contributed by atoms with van der Waals surface area (Å²) in [7, 11) is 0. The van der Waals surface area contributed by atoms with Gasteiger partial charge in [0.2, 0.25) is 0 Å². The molecule has 0 saturated carbocycles. The molecule has 1 aromatic rings. The molecule has 2 rings (SSSR count). The summed E-state index contributed by atoms with van der Waals surface area (Å²) >= 11 is 9.30. The molecule has 0 N–H and O–H groups in total. The summed E-state index contributed by atoms with van der Waals surface area (Å²) in [6, 6.07) is 5.89. The predicted molar refractivity (Wildman–Crippen MR) is 72.8 cm³/mol. The highest BCUT2D eigenvalue weighted by Crippen LogP contribution is 2.24. The van der Waals surface area contributed by atoms with Crippen molar-refractivity contribution in [2.45, 2.75) is 31.2 Å². The molecular formula is C13H16BrClO2. The number of rotatable bonds is 4. The van der Waals surface area contributed by atoms with Gasteiger partial charge in [-0.15, -0.1) is 11.6 Å². The normalized spacial score (nSPS) is 20.2. The first-order valence-corrected chi connectivity index (χ1v) is 7.21. The first-order valence-electron chi connectivity index (χ1n) is 5.88. The van der Waals surface area contributed by atoms with Crippen LogP contribution >= 0.6 is 27.5 Å². The van der Waals surface area contributed by atoms with E-state index in [4.69, 9.17) is 21.1 Å². The molecule has 0 radical (unpaired) electrons. The fourth-order valence-corrected chi connectivity index (χ4v) is 2.64. The Morgan fingerprint density at radius 1 is 1.41 bits per heavy atom. The van der Waals surface area contributed by atoms with E-state index in [-0.39, 0.29) is 6.10 Å². The van der Waals surface area contributed by atoms with Crippen LogP contribution in [0.15, 0.2) is 22.7 Å². The van der Waals surface area contributed by atoms with Crippen LogP contribution in [0.25, 0.3) is 0 Å². The molecule has 1 atom stereocenters. The third kappa shape index (κ3) is 3.87. The van der Waals surface area contributed by atoms with Gasteiger partial charge in [0.25, 0.3) is 0 Å². The average Bonchev–Trinajstić information content (AvgIpc) is 2.39. The molecule has 0 amide bonds. The topological polar surface area (TPSA) is 18.5 Å². The predicted octanol–water partition coefficient (Wildman–Crippen LogP) is 4.14. The van der Waals surface area contributed by atoms with Crippen LogP contribution in [0.1, 0.15) is 24.8 Å². The summed E-state index contributed by atoms with van der Waals surface area (Å²) in [5.41, 5.74) is 1.05. The molecule has 1 aliphatic rings. The minimum atomic E-state index is 0.242. The maximum Gasteiger partial charge on any atom is 0.119 e. The van der Waals surface area contributed by atoms with Gasteiger partial charge in [-0.3, -0.25) is 0 Å². The van der Waals surface area contributed by atoms with Crippen molar-refractivity contribution in [1.82, 2.24) is 0 Å². The first-order chi connectivity index (χ1) is 8.29. The highest BCUT2D eigenvalue weighted by atomic mass is 79.9. The van der Waals surface area contributed by atoms with E-state index in [1.54, 1.807) is 0 Å². The van der Waals surface area contributed by atoms with Crippen molar-refractivity contribution in [3.05, 3.63) is 28.2 Å². The highest BCUT2D eigenvalue weighted by Gasteiger charge is 2.14. The molecule has 1 aromatic carbocycles. The molecule has 0 spiro atoms. The van der Waals surface area contributed by atoms with E-state index in [9.17, 15) is 0 Å². The number of benzene rings is 1. The van der Waals surface area contributed by atoms with E-state index >= 15 is 0 Å². The van der Waals surface area contributed by atoms with Crippen LogP contribution in [-0.2, 0) is 10.6 Å². The number of ether oxygens (including phenoxy) is 2. The molecule has 1 fully saturated rings. The van der Waals surface area contributed by atoms with Crippen molar-refractivity contribution in [2.24, 2.45) is 0 Å². The number of alkyl halides is 1. The quantitative estimate of drug-likeness (QED) is 0.777. The van der Waals surface area contributed by atoms with Gasteiger partial charge in [0.1, 0.15) is 12.4 Å². The Labute approximate surface area is 115 Å². The molecule has 1 heterocycles. The minimum Gasteiger partial charge on any atom is -0.491 e. The Morgan fingerprint density at radius 2 is 2.29 bits per heavy atom. The van der Waals surface area contributed by atoms with Crippen LogP contribution in [0.2, 0.25) is 0 Å². The summed E-state index contributed by atoms with van der Waals surface area (Å²) in [6.07, 6.45) is 3.75. The van der Waals surface area contributed by atoms with E-state index in [2.05, 4.69) is 15.9 Å². The minimum absolute atomic E-state index is 0.242. The van der Waals surface area contributed by atoms with Gasteiger partial charge in [-0.1, -0.05) is 15.9 Å². The molecule has 4 heteroatoms. The van der Waals surface area contributed by atoms with E-state index in [0.717, 1.165) is 28.8 Å². The van der Waals surface area contributed by atoms with Crippen molar-refractivity contribution in [2.75, 3.05) is 13.2 Å². The number of hydrogen-bond acceptors (Lipinski definition) is 2. The first kappa shape index (κ1) is 13.2. The SMILES string of the molecule is ClCc1cc(OCC2CCCCO2)ccc1Br. The van der Waals surface area contributed by atoms with Gasteiger partial charge in [0.15, 0.2) is 0 Å². The van der Waals surface area contributed by atoms with Crippen molar-refractivity contribution in [3.8, 4) is 5.75 Å². The lowest BCUT2D eigenvalue weighted by Crippen LogP contribution is -2.25. The summed E-state index contributed by atoms with van der Waals surface area (Å²) in [4.78, 5) is 0. The van der Waals surface area contributed by atoms with Crippen LogP contribution in [0, 0.1) is 0 Å². The van der Waals surface area contributed by atoms with Crippen LogP contribution in [0.3, 0.4) is 0 Å². The second-order valence-electron chi connectivity index (χ2n) is 4.19. The molecular weight excluding hydrogens is 303 g/mol. The zero-order valence-corrected chi connectivity index (χ0v) is 12.0. The number of hydrogen-bond donors (Lipinski definition) is 0. The van der Waals surface area contributed by atoms with E-state index in [1.807, 2.05) is 18.2 Å². The van der Waals surface area contributed by atoms with Gasteiger partial charge in [-0.25, -0.2) is 0 Å². The van der Waals surface area contributed by atoms with Crippen LogP contribution in [0.5, 0.6) is 5.75 Å². The fraction of sp³-hybridized carbons (Fsp3) is 0.538. The standard InChI is InChI=1S/C13H16BrClO2/c14-13-5-4-11(7-10(13)8-15)17-9-12-3-1-2-6-16-12/h4-5,7,12H,1-3,6,8-9H2. The van der Waals surface area contributed by atoms with Gasteiger partial charge in [-0.2, -0.15) is 0 Å². The molecule has 94 valence electrons. The third-order valence-electron chi connectivity index (χ3n) is 2.87. The monoisotopic (exact) mass is 318 g/mol. The third-order valence-corrected chi connectivity index (χ3v) is 3.93.